The molecule has 7 heteroatoms. The summed E-state index contributed by atoms with van der Waals surface area (Å²) in [6.07, 6.45) is 1.36. The second-order valence-electron chi connectivity index (χ2n) is 5.39. The van der Waals surface area contributed by atoms with Crippen molar-refractivity contribution in [2.75, 3.05) is 11.9 Å². The van der Waals surface area contributed by atoms with Gasteiger partial charge < -0.3 is 14.5 Å². The molecule has 0 saturated heterocycles. The Morgan fingerprint density at radius 2 is 1.92 bits per heavy atom. The second-order valence-corrected chi connectivity index (χ2v) is 5.39. The summed E-state index contributed by atoms with van der Waals surface area (Å²) in [6, 6.07) is 12.6. The minimum absolute atomic E-state index is 0.0528. The highest BCUT2D eigenvalue weighted by Crippen LogP contribution is 2.22. The van der Waals surface area contributed by atoms with Gasteiger partial charge in [-0.25, -0.2) is 9.48 Å². The van der Waals surface area contributed by atoms with E-state index in [9.17, 15) is 9.59 Å². The van der Waals surface area contributed by atoms with E-state index in [1.54, 1.807) is 17.7 Å². The van der Waals surface area contributed by atoms with Crippen LogP contribution in [-0.2, 0) is 9.53 Å². The molecule has 0 unspecified atom stereocenters. The van der Waals surface area contributed by atoms with E-state index >= 15 is 0 Å². The number of rotatable bonds is 5. The lowest BCUT2D eigenvalue weighted by atomic mass is 10.3. The van der Waals surface area contributed by atoms with Crippen LogP contribution in [0.3, 0.4) is 0 Å². The average molecular weight is 339 g/mol. The maximum Gasteiger partial charge on any atom is 0.374 e. The number of esters is 1. The van der Waals surface area contributed by atoms with Gasteiger partial charge in [-0.05, 0) is 38.1 Å². The van der Waals surface area contributed by atoms with Crippen molar-refractivity contribution in [2.45, 2.75) is 13.8 Å². The van der Waals surface area contributed by atoms with Gasteiger partial charge >= 0.3 is 5.97 Å². The van der Waals surface area contributed by atoms with Crippen LogP contribution in [0.5, 0.6) is 0 Å². The van der Waals surface area contributed by atoms with Crippen LogP contribution >= 0.6 is 0 Å². The number of aromatic nitrogens is 2. The smallest absolute Gasteiger partial charge is 0.374 e. The molecule has 0 fully saturated rings. The molecule has 3 rings (SSSR count). The van der Waals surface area contributed by atoms with Gasteiger partial charge in [-0.1, -0.05) is 18.2 Å². The zero-order valence-electron chi connectivity index (χ0n) is 13.9. The summed E-state index contributed by atoms with van der Waals surface area (Å²) in [7, 11) is 0. The Balaban J connectivity index is 1.67. The van der Waals surface area contributed by atoms with E-state index in [1.165, 1.54) is 12.3 Å². The predicted octanol–water partition coefficient (Wildman–Crippen LogP) is 2.88. The molecule has 0 spiro atoms. The third-order valence-electron chi connectivity index (χ3n) is 3.61. The largest absolute Gasteiger partial charge is 0.457 e. The van der Waals surface area contributed by atoms with E-state index in [0.717, 1.165) is 11.4 Å². The van der Waals surface area contributed by atoms with Crippen LogP contribution in [0.2, 0.25) is 0 Å². The van der Waals surface area contributed by atoms with Crippen LogP contribution in [0.4, 0.5) is 5.69 Å². The van der Waals surface area contributed by atoms with Crippen LogP contribution in [-0.4, -0.2) is 28.3 Å². The van der Waals surface area contributed by atoms with E-state index in [-0.39, 0.29) is 5.76 Å². The summed E-state index contributed by atoms with van der Waals surface area (Å²) < 4.78 is 11.6. The zero-order valence-corrected chi connectivity index (χ0v) is 13.9. The molecule has 7 nitrogen and oxygen atoms in total. The minimum atomic E-state index is -0.687. The van der Waals surface area contributed by atoms with Gasteiger partial charge in [0.05, 0.1) is 29.0 Å². The number of nitrogens with one attached hydrogen (secondary N) is 1. The fourth-order valence-corrected chi connectivity index (χ4v) is 2.42. The van der Waals surface area contributed by atoms with Crippen LogP contribution in [0.15, 0.2) is 53.1 Å². The Morgan fingerprint density at radius 3 is 2.60 bits per heavy atom. The van der Waals surface area contributed by atoms with Crippen molar-refractivity contribution >= 4 is 17.6 Å². The Hall–Kier alpha value is -3.35. The van der Waals surface area contributed by atoms with Crippen LogP contribution < -0.4 is 5.32 Å². The molecule has 0 atom stereocenters. The van der Waals surface area contributed by atoms with Crippen molar-refractivity contribution in [3.05, 3.63) is 65.9 Å². The van der Waals surface area contributed by atoms with E-state index in [2.05, 4.69) is 10.4 Å². The van der Waals surface area contributed by atoms with Crippen molar-refractivity contribution in [3.63, 3.8) is 0 Å². The molecule has 25 heavy (non-hydrogen) atoms. The normalized spacial score (nSPS) is 10.5. The molecule has 0 radical (unpaired) electrons. The number of ether oxygens (including phenoxy) is 1. The monoisotopic (exact) mass is 339 g/mol. The Kier molecular flexibility index (Phi) is 4.65. The lowest BCUT2D eigenvalue weighted by Gasteiger charge is -2.07. The number of amides is 1. The number of nitrogens with zero attached hydrogens (tertiary/aromatic N) is 2. The molecular weight excluding hydrogens is 322 g/mol. The number of anilines is 1. The molecule has 128 valence electrons. The van der Waals surface area contributed by atoms with Crippen LogP contribution in [0.1, 0.15) is 21.9 Å². The molecule has 1 N–H and O–H groups in total. The van der Waals surface area contributed by atoms with Gasteiger partial charge in [-0.3, -0.25) is 4.79 Å². The van der Waals surface area contributed by atoms with E-state index in [4.69, 9.17) is 9.15 Å². The fourth-order valence-electron chi connectivity index (χ4n) is 2.42. The Labute approximate surface area is 144 Å². The molecule has 0 aliphatic carbocycles. The third kappa shape index (κ3) is 3.60. The minimum Gasteiger partial charge on any atom is -0.457 e. The van der Waals surface area contributed by atoms with E-state index < -0.39 is 18.5 Å². The number of hydrogen-bond acceptors (Lipinski definition) is 5. The number of hydrogen-bond donors (Lipinski definition) is 1. The molecule has 0 saturated carbocycles. The molecular formula is C18H17N3O4. The summed E-state index contributed by atoms with van der Waals surface area (Å²) in [5.74, 6) is -1.08. The quantitative estimate of drug-likeness (QED) is 0.722. The first-order chi connectivity index (χ1) is 12.1. The third-order valence-corrected chi connectivity index (χ3v) is 3.61. The number of aryl methyl sites for hydroxylation is 1. The average Bonchev–Trinajstić information content (AvgIpc) is 3.25. The van der Waals surface area contributed by atoms with Gasteiger partial charge in [0.15, 0.2) is 6.61 Å². The highest BCUT2D eigenvalue weighted by molar-refractivity contribution is 5.95. The van der Waals surface area contributed by atoms with E-state index in [0.29, 0.717) is 11.4 Å². The Bertz CT molecular complexity index is 883. The van der Waals surface area contributed by atoms with Crippen molar-refractivity contribution in [1.29, 1.82) is 0 Å². The first kappa shape index (κ1) is 16.5. The first-order valence-corrected chi connectivity index (χ1v) is 7.68. The lowest BCUT2D eigenvalue weighted by Crippen LogP contribution is -2.21. The van der Waals surface area contributed by atoms with Gasteiger partial charge in [0.25, 0.3) is 5.91 Å². The van der Waals surface area contributed by atoms with Gasteiger partial charge in [0.2, 0.25) is 5.76 Å². The van der Waals surface area contributed by atoms with Crippen molar-refractivity contribution < 1.29 is 18.7 Å². The maximum absolute atomic E-state index is 12.1. The molecule has 0 bridgehead atoms. The topological polar surface area (TPSA) is 86.4 Å². The van der Waals surface area contributed by atoms with Gasteiger partial charge in [-0.15, -0.1) is 0 Å². The maximum atomic E-state index is 12.1. The van der Waals surface area contributed by atoms with Gasteiger partial charge in [0, 0.05) is 0 Å². The lowest BCUT2D eigenvalue weighted by molar-refractivity contribution is -0.119. The summed E-state index contributed by atoms with van der Waals surface area (Å²) in [5.41, 5.74) is 2.96. The Morgan fingerprint density at radius 1 is 1.16 bits per heavy atom. The van der Waals surface area contributed by atoms with Crippen molar-refractivity contribution in [3.8, 4) is 5.69 Å². The number of carbonyl (C=O) groups is 2. The SMILES string of the molecule is Cc1nn(-c2ccccc2)c(C)c1NC(=O)COC(=O)c1ccco1. The summed E-state index contributed by atoms with van der Waals surface area (Å²) in [6.45, 7) is 3.25. The molecule has 1 amide bonds. The second kappa shape index (κ2) is 7.04. The fraction of sp³-hybridized carbons (Fsp3) is 0.167. The summed E-state index contributed by atoms with van der Waals surface area (Å²) >= 11 is 0. The molecule has 1 aromatic carbocycles. The molecule has 0 aliphatic heterocycles. The number of benzene rings is 1. The molecule has 3 aromatic rings. The van der Waals surface area contributed by atoms with Crippen molar-refractivity contribution in [2.24, 2.45) is 0 Å². The highest BCUT2D eigenvalue weighted by Gasteiger charge is 2.17. The van der Waals surface area contributed by atoms with Crippen LogP contribution in [0, 0.1) is 13.8 Å². The highest BCUT2D eigenvalue weighted by atomic mass is 16.5. The van der Waals surface area contributed by atoms with Gasteiger partial charge in [0.1, 0.15) is 0 Å². The zero-order chi connectivity index (χ0) is 17.8. The molecule has 2 heterocycles. The van der Waals surface area contributed by atoms with Gasteiger partial charge in [-0.2, -0.15) is 5.10 Å². The van der Waals surface area contributed by atoms with E-state index in [1.807, 2.05) is 37.3 Å². The number of para-hydroxylation sites is 1. The number of carbonyl (C=O) groups excluding carboxylic acids is 2. The predicted molar refractivity (Wildman–Crippen MR) is 90.7 cm³/mol. The molecule has 0 aliphatic rings. The first-order valence-electron chi connectivity index (χ1n) is 7.68. The molecule has 2 aromatic heterocycles. The van der Waals surface area contributed by atoms with Crippen molar-refractivity contribution in [1.82, 2.24) is 9.78 Å². The summed E-state index contributed by atoms with van der Waals surface area (Å²) in [4.78, 5) is 23.8. The standard InChI is InChI=1S/C18H17N3O4/c1-12-17(13(2)21(20-12)14-7-4-3-5-8-14)19-16(22)11-25-18(23)15-9-6-10-24-15/h3-10H,11H2,1-2H3,(H,19,22). The van der Waals surface area contributed by atoms with Crippen LogP contribution in [0.25, 0.3) is 5.69 Å². The number of furan rings is 1. The summed E-state index contributed by atoms with van der Waals surface area (Å²) in [5, 5.41) is 7.19.